The highest BCUT2D eigenvalue weighted by Gasteiger charge is 2.31. The predicted octanol–water partition coefficient (Wildman–Crippen LogP) is 3.71. The van der Waals surface area contributed by atoms with E-state index < -0.39 is 0 Å². The van der Waals surface area contributed by atoms with E-state index in [2.05, 4.69) is 27.4 Å². The molecule has 4 rings (SSSR count). The van der Waals surface area contributed by atoms with Gasteiger partial charge in [0.05, 0.1) is 17.1 Å². The molecular weight excluding hydrogens is 360 g/mol. The number of nitrogens with one attached hydrogen (secondary N) is 2. The fourth-order valence-electron chi connectivity index (χ4n) is 3.69. The van der Waals surface area contributed by atoms with E-state index in [1.54, 1.807) is 4.90 Å². The first-order valence-electron chi connectivity index (χ1n) is 9.30. The van der Waals surface area contributed by atoms with Gasteiger partial charge in [-0.1, -0.05) is 41.9 Å². The number of nitrogens with zero attached hydrogens (tertiary/aromatic N) is 2. The van der Waals surface area contributed by atoms with E-state index in [1.807, 2.05) is 43.4 Å². The van der Waals surface area contributed by atoms with Crippen molar-refractivity contribution in [3.05, 3.63) is 64.9 Å². The van der Waals surface area contributed by atoms with Crippen LogP contribution in [-0.2, 0) is 11.2 Å². The van der Waals surface area contributed by atoms with Gasteiger partial charge in [-0.25, -0.2) is 4.98 Å². The van der Waals surface area contributed by atoms with Crippen LogP contribution >= 0.6 is 11.6 Å². The molecule has 27 heavy (non-hydrogen) atoms. The van der Waals surface area contributed by atoms with Crippen LogP contribution in [0.15, 0.2) is 48.5 Å². The Morgan fingerprint density at radius 1 is 1.22 bits per heavy atom. The summed E-state index contributed by atoms with van der Waals surface area (Å²) >= 11 is 6.02. The number of fused-ring (bicyclic) bond motifs is 1. The van der Waals surface area contributed by atoms with Crippen LogP contribution in [-0.4, -0.2) is 40.4 Å². The minimum Gasteiger partial charge on any atom is -0.344 e. The van der Waals surface area contributed by atoms with Crippen molar-refractivity contribution in [2.24, 2.45) is 0 Å². The van der Waals surface area contributed by atoms with Gasteiger partial charge in [0.15, 0.2) is 0 Å². The first-order chi connectivity index (χ1) is 13.1. The number of likely N-dealkylation sites (N-methyl/N-ethyl adjacent to an activating group) is 1. The number of hydrogen-bond donors (Lipinski definition) is 2. The highest BCUT2D eigenvalue weighted by Crippen LogP contribution is 2.27. The number of imidazole rings is 1. The van der Waals surface area contributed by atoms with Crippen molar-refractivity contribution in [1.82, 2.24) is 20.2 Å². The topological polar surface area (TPSA) is 61.0 Å². The van der Waals surface area contributed by atoms with Gasteiger partial charge in [0, 0.05) is 31.1 Å². The van der Waals surface area contributed by atoms with E-state index in [0.29, 0.717) is 18.0 Å². The molecule has 0 unspecified atom stereocenters. The molecular formula is C21H23ClN4O. The van der Waals surface area contributed by atoms with Crippen LogP contribution in [0, 0.1) is 0 Å². The number of rotatable bonds is 5. The van der Waals surface area contributed by atoms with Crippen molar-refractivity contribution >= 4 is 28.5 Å². The van der Waals surface area contributed by atoms with Crippen molar-refractivity contribution in [3.63, 3.8) is 0 Å². The van der Waals surface area contributed by atoms with Gasteiger partial charge in [-0.3, -0.25) is 10.1 Å². The summed E-state index contributed by atoms with van der Waals surface area (Å²) in [5.74, 6) is 1.01. The number of carbonyl (C=O) groups is 1. The zero-order valence-corrected chi connectivity index (χ0v) is 16.0. The Bertz CT molecular complexity index is 940. The SMILES string of the molecule is CN(CCc1nc2ccc(Cl)cc2[nH]1)C(=O)[C@H]1CC[C@H](c2ccccc2)N1. The summed E-state index contributed by atoms with van der Waals surface area (Å²) in [6.45, 7) is 0.626. The molecule has 2 atom stereocenters. The molecule has 0 aliphatic carbocycles. The quantitative estimate of drug-likeness (QED) is 0.707. The van der Waals surface area contributed by atoms with E-state index in [9.17, 15) is 4.79 Å². The molecule has 2 heterocycles. The Balaban J connectivity index is 1.34. The standard InChI is InChI=1S/C21H23ClN4O/c1-26(12-11-20-24-17-8-7-15(22)13-19(17)25-20)21(27)18-10-9-16(23-18)14-5-3-2-4-6-14/h2-8,13,16,18,23H,9-12H2,1H3,(H,24,25)/t16-,18-/m1/s1. The molecule has 2 aromatic carbocycles. The van der Waals surface area contributed by atoms with Crippen LogP contribution in [0.25, 0.3) is 11.0 Å². The van der Waals surface area contributed by atoms with Gasteiger partial charge in [0.25, 0.3) is 0 Å². The molecule has 1 aromatic heterocycles. The largest absolute Gasteiger partial charge is 0.344 e. The predicted molar refractivity (Wildman–Crippen MR) is 108 cm³/mol. The third kappa shape index (κ3) is 3.99. The van der Waals surface area contributed by atoms with Crippen molar-refractivity contribution in [2.75, 3.05) is 13.6 Å². The second-order valence-corrected chi connectivity index (χ2v) is 7.55. The van der Waals surface area contributed by atoms with Crippen molar-refractivity contribution < 1.29 is 4.79 Å². The Labute approximate surface area is 163 Å². The highest BCUT2D eigenvalue weighted by molar-refractivity contribution is 6.31. The summed E-state index contributed by atoms with van der Waals surface area (Å²) in [5, 5.41) is 4.17. The Hall–Kier alpha value is -2.37. The third-order valence-electron chi connectivity index (χ3n) is 5.20. The molecule has 1 saturated heterocycles. The molecule has 140 valence electrons. The van der Waals surface area contributed by atoms with Gasteiger partial charge < -0.3 is 9.88 Å². The maximum atomic E-state index is 12.8. The summed E-state index contributed by atoms with van der Waals surface area (Å²) < 4.78 is 0. The van der Waals surface area contributed by atoms with E-state index in [4.69, 9.17) is 11.6 Å². The minimum atomic E-state index is -0.116. The van der Waals surface area contributed by atoms with E-state index in [-0.39, 0.29) is 18.0 Å². The molecule has 0 saturated carbocycles. The fourth-order valence-corrected chi connectivity index (χ4v) is 3.86. The van der Waals surface area contributed by atoms with Crippen molar-refractivity contribution in [3.8, 4) is 0 Å². The smallest absolute Gasteiger partial charge is 0.239 e. The lowest BCUT2D eigenvalue weighted by Crippen LogP contribution is -2.42. The molecule has 0 spiro atoms. The minimum absolute atomic E-state index is 0.116. The van der Waals surface area contributed by atoms with Crippen LogP contribution < -0.4 is 5.32 Å². The second-order valence-electron chi connectivity index (χ2n) is 7.11. The van der Waals surface area contributed by atoms with E-state index in [0.717, 1.165) is 29.7 Å². The molecule has 5 nitrogen and oxygen atoms in total. The monoisotopic (exact) mass is 382 g/mol. The van der Waals surface area contributed by atoms with Crippen LogP contribution in [0.4, 0.5) is 0 Å². The maximum Gasteiger partial charge on any atom is 0.239 e. The van der Waals surface area contributed by atoms with Gasteiger partial charge in [-0.15, -0.1) is 0 Å². The van der Waals surface area contributed by atoms with Gasteiger partial charge in [0.1, 0.15) is 5.82 Å². The van der Waals surface area contributed by atoms with Crippen LogP contribution in [0.1, 0.15) is 30.3 Å². The molecule has 2 N–H and O–H groups in total. The van der Waals surface area contributed by atoms with E-state index in [1.165, 1.54) is 5.56 Å². The molecule has 6 heteroatoms. The number of aromatic nitrogens is 2. The zero-order valence-electron chi connectivity index (χ0n) is 15.3. The highest BCUT2D eigenvalue weighted by atomic mass is 35.5. The number of amides is 1. The summed E-state index contributed by atoms with van der Waals surface area (Å²) in [4.78, 5) is 22.4. The van der Waals surface area contributed by atoms with Gasteiger partial charge in [-0.2, -0.15) is 0 Å². The molecule has 0 radical (unpaired) electrons. The number of H-pyrrole nitrogens is 1. The zero-order chi connectivity index (χ0) is 18.8. The molecule has 1 fully saturated rings. The van der Waals surface area contributed by atoms with Crippen LogP contribution in [0.2, 0.25) is 5.02 Å². The molecule has 1 amide bonds. The van der Waals surface area contributed by atoms with Crippen LogP contribution in [0.3, 0.4) is 0 Å². The number of aromatic amines is 1. The fraction of sp³-hybridized carbons (Fsp3) is 0.333. The average molecular weight is 383 g/mol. The first-order valence-corrected chi connectivity index (χ1v) is 9.68. The summed E-state index contributed by atoms with van der Waals surface area (Å²) in [5.41, 5.74) is 3.07. The second kappa shape index (κ2) is 7.71. The van der Waals surface area contributed by atoms with Crippen molar-refractivity contribution in [2.45, 2.75) is 31.3 Å². The number of halogens is 1. The Morgan fingerprint density at radius 2 is 2.04 bits per heavy atom. The molecule has 0 bridgehead atoms. The molecule has 1 aliphatic rings. The summed E-state index contributed by atoms with van der Waals surface area (Å²) in [7, 11) is 1.86. The third-order valence-corrected chi connectivity index (χ3v) is 5.43. The molecule has 3 aromatic rings. The summed E-state index contributed by atoms with van der Waals surface area (Å²) in [6.07, 6.45) is 2.54. The first kappa shape index (κ1) is 18.0. The normalized spacial score (nSPS) is 19.5. The average Bonchev–Trinajstić information content (AvgIpc) is 3.33. The lowest BCUT2D eigenvalue weighted by molar-refractivity contribution is -0.131. The number of benzene rings is 2. The Morgan fingerprint density at radius 3 is 2.85 bits per heavy atom. The summed E-state index contributed by atoms with van der Waals surface area (Å²) in [6, 6.07) is 16.1. The van der Waals surface area contributed by atoms with Gasteiger partial charge >= 0.3 is 0 Å². The van der Waals surface area contributed by atoms with Gasteiger partial charge in [0.2, 0.25) is 5.91 Å². The lowest BCUT2D eigenvalue weighted by atomic mass is 10.1. The number of carbonyl (C=O) groups excluding carboxylic acids is 1. The van der Waals surface area contributed by atoms with Crippen LogP contribution in [0.5, 0.6) is 0 Å². The lowest BCUT2D eigenvalue weighted by Gasteiger charge is -2.21. The van der Waals surface area contributed by atoms with Gasteiger partial charge in [-0.05, 0) is 36.6 Å². The molecule has 1 aliphatic heterocycles. The maximum absolute atomic E-state index is 12.8. The Kier molecular flexibility index (Phi) is 5.14. The van der Waals surface area contributed by atoms with Crippen molar-refractivity contribution in [1.29, 1.82) is 0 Å². The van der Waals surface area contributed by atoms with E-state index >= 15 is 0 Å². The number of hydrogen-bond acceptors (Lipinski definition) is 3.